The minimum Gasteiger partial charge on any atom is -0.494 e. The van der Waals surface area contributed by atoms with Crippen molar-refractivity contribution in [2.45, 2.75) is 33.3 Å². The van der Waals surface area contributed by atoms with E-state index in [1.807, 2.05) is 30.3 Å². The molecule has 2 aromatic carbocycles. The quantitative estimate of drug-likeness (QED) is 0.529. The zero-order valence-corrected chi connectivity index (χ0v) is 16.4. The second-order valence-corrected chi connectivity index (χ2v) is 6.73. The van der Waals surface area contributed by atoms with Gasteiger partial charge in [0.25, 0.3) is 5.91 Å². The third kappa shape index (κ3) is 7.12. The van der Waals surface area contributed by atoms with Gasteiger partial charge in [0, 0.05) is 0 Å². The van der Waals surface area contributed by atoms with Gasteiger partial charge in [-0.1, -0.05) is 13.8 Å². The molecule has 0 radical (unpaired) electrons. The van der Waals surface area contributed by atoms with E-state index in [9.17, 15) is 4.79 Å². The highest BCUT2D eigenvalue weighted by atomic mass is 16.5. The number of nitriles is 1. The van der Waals surface area contributed by atoms with Crippen LogP contribution in [0.15, 0.2) is 53.6 Å². The van der Waals surface area contributed by atoms with Crippen LogP contribution in [0.25, 0.3) is 0 Å². The van der Waals surface area contributed by atoms with Crippen LogP contribution in [0.3, 0.4) is 0 Å². The van der Waals surface area contributed by atoms with Crippen molar-refractivity contribution in [2.75, 3.05) is 6.61 Å². The number of carbonyl (C=O) groups excluding carboxylic acids is 1. The SMILES string of the molecule is CC(C)CCOc1ccc(/C=N/NC(=O)C(C)Oc2ccc(C#N)cc2)cc1. The summed E-state index contributed by atoms with van der Waals surface area (Å²) in [5.41, 5.74) is 3.83. The van der Waals surface area contributed by atoms with Gasteiger partial charge in [0.05, 0.1) is 24.5 Å². The summed E-state index contributed by atoms with van der Waals surface area (Å²) in [4.78, 5) is 12.1. The van der Waals surface area contributed by atoms with Crippen molar-refractivity contribution in [3.8, 4) is 17.6 Å². The van der Waals surface area contributed by atoms with Gasteiger partial charge in [-0.05, 0) is 73.4 Å². The number of ether oxygens (including phenoxy) is 2. The average molecular weight is 379 g/mol. The Balaban J connectivity index is 1.79. The Morgan fingerprint density at radius 3 is 2.36 bits per heavy atom. The van der Waals surface area contributed by atoms with Crippen LogP contribution in [-0.2, 0) is 4.79 Å². The van der Waals surface area contributed by atoms with E-state index in [2.05, 4.69) is 24.4 Å². The molecule has 0 aliphatic rings. The lowest BCUT2D eigenvalue weighted by Crippen LogP contribution is -2.33. The first kappa shape index (κ1) is 21.0. The van der Waals surface area contributed by atoms with Crippen LogP contribution in [0.4, 0.5) is 0 Å². The van der Waals surface area contributed by atoms with E-state index >= 15 is 0 Å². The Hall–Kier alpha value is -3.33. The van der Waals surface area contributed by atoms with E-state index in [1.54, 1.807) is 37.4 Å². The summed E-state index contributed by atoms with van der Waals surface area (Å²) in [6, 6.07) is 16.1. The number of nitrogens with zero attached hydrogens (tertiary/aromatic N) is 2. The Labute approximate surface area is 165 Å². The molecule has 1 N–H and O–H groups in total. The molecular formula is C22H25N3O3. The topological polar surface area (TPSA) is 83.7 Å². The summed E-state index contributed by atoms with van der Waals surface area (Å²) in [7, 11) is 0. The van der Waals surface area contributed by atoms with Gasteiger partial charge in [-0.25, -0.2) is 5.43 Å². The highest BCUT2D eigenvalue weighted by molar-refractivity contribution is 5.84. The number of rotatable bonds is 9. The van der Waals surface area contributed by atoms with Crippen LogP contribution >= 0.6 is 0 Å². The predicted molar refractivity (Wildman–Crippen MR) is 108 cm³/mol. The minimum atomic E-state index is -0.721. The zero-order valence-electron chi connectivity index (χ0n) is 16.4. The molecule has 2 aromatic rings. The molecule has 0 fully saturated rings. The maximum Gasteiger partial charge on any atom is 0.280 e. The fourth-order valence-corrected chi connectivity index (χ4v) is 2.19. The summed E-state index contributed by atoms with van der Waals surface area (Å²) in [5, 5.41) is 12.7. The molecule has 0 aliphatic heterocycles. The average Bonchev–Trinajstić information content (AvgIpc) is 2.69. The molecule has 0 saturated carbocycles. The van der Waals surface area contributed by atoms with Crippen LogP contribution < -0.4 is 14.9 Å². The molecular weight excluding hydrogens is 354 g/mol. The van der Waals surface area contributed by atoms with Crippen molar-refractivity contribution >= 4 is 12.1 Å². The van der Waals surface area contributed by atoms with Crippen LogP contribution in [0.2, 0.25) is 0 Å². The lowest BCUT2D eigenvalue weighted by Gasteiger charge is -2.12. The smallest absolute Gasteiger partial charge is 0.280 e. The van der Waals surface area contributed by atoms with E-state index in [4.69, 9.17) is 14.7 Å². The molecule has 1 unspecified atom stereocenters. The standard InChI is InChI=1S/C22H25N3O3/c1-16(2)12-13-27-20-8-6-19(7-9-20)15-24-25-22(26)17(3)28-21-10-4-18(14-23)5-11-21/h4-11,15-17H,12-13H2,1-3H3,(H,25,26)/b24-15+. The fourth-order valence-electron chi connectivity index (χ4n) is 2.19. The van der Waals surface area contributed by atoms with E-state index in [0.29, 0.717) is 23.8 Å². The maximum atomic E-state index is 12.1. The number of amides is 1. The van der Waals surface area contributed by atoms with Crippen LogP contribution in [-0.4, -0.2) is 24.8 Å². The van der Waals surface area contributed by atoms with Gasteiger partial charge in [-0.15, -0.1) is 0 Å². The molecule has 0 aromatic heterocycles. The molecule has 146 valence electrons. The summed E-state index contributed by atoms with van der Waals surface area (Å²) >= 11 is 0. The molecule has 0 bridgehead atoms. The van der Waals surface area contributed by atoms with E-state index in [-0.39, 0.29) is 5.91 Å². The molecule has 1 amide bonds. The molecule has 6 heteroatoms. The lowest BCUT2D eigenvalue weighted by molar-refractivity contribution is -0.127. The van der Waals surface area contributed by atoms with Gasteiger partial charge < -0.3 is 9.47 Å². The molecule has 0 heterocycles. The molecule has 0 spiro atoms. The Morgan fingerprint density at radius 2 is 1.75 bits per heavy atom. The third-order valence-corrected chi connectivity index (χ3v) is 3.90. The summed E-state index contributed by atoms with van der Waals surface area (Å²) in [6.45, 7) is 6.64. The Morgan fingerprint density at radius 1 is 1.11 bits per heavy atom. The first-order chi connectivity index (χ1) is 13.5. The van der Waals surface area contributed by atoms with Crippen molar-refractivity contribution in [2.24, 2.45) is 11.0 Å². The maximum absolute atomic E-state index is 12.1. The molecule has 6 nitrogen and oxygen atoms in total. The molecule has 1 atom stereocenters. The monoisotopic (exact) mass is 379 g/mol. The van der Waals surface area contributed by atoms with Gasteiger partial charge in [-0.2, -0.15) is 10.4 Å². The highest BCUT2D eigenvalue weighted by Crippen LogP contribution is 2.14. The normalized spacial score (nSPS) is 11.8. The number of benzene rings is 2. The number of carbonyl (C=O) groups is 1. The van der Waals surface area contributed by atoms with Gasteiger partial charge in [0.15, 0.2) is 6.10 Å². The number of hydrazone groups is 1. The summed E-state index contributed by atoms with van der Waals surface area (Å²) in [6.07, 6.45) is 1.85. The van der Waals surface area contributed by atoms with Crippen molar-refractivity contribution in [1.82, 2.24) is 5.43 Å². The van der Waals surface area contributed by atoms with Crippen LogP contribution in [0, 0.1) is 17.2 Å². The molecule has 0 aliphatic carbocycles. The van der Waals surface area contributed by atoms with Crippen molar-refractivity contribution in [3.05, 3.63) is 59.7 Å². The largest absolute Gasteiger partial charge is 0.494 e. The first-order valence-corrected chi connectivity index (χ1v) is 9.20. The van der Waals surface area contributed by atoms with E-state index in [1.165, 1.54) is 0 Å². The lowest BCUT2D eigenvalue weighted by atomic mass is 10.1. The van der Waals surface area contributed by atoms with Crippen molar-refractivity contribution in [1.29, 1.82) is 5.26 Å². The van der Waals surface area contributed by atoms with Gasteiger partial charge >= 0.3 is 0 Å². The van der Waals surface area contributed by atoms with E-state index in [0.717, 1.165) is 17.7 Å². The van der Waals surface area contributed by atoms with Gasteiger partial charge in [0.2, 0.25) is 0 Å². The van der Waals surface area contributed by atoms with Crippen molar-refractivity contribution in [3.63, 3.8) is 0 Å². The minimum absolute atomic E-state index is 0.366. The number of hydrogen-bond acceptors (Lipinski definition) is 5. The summed E-state index contributed by atoms with van der Waals surface area (Å²) in [5.74, 6) is 1.57. The van der Waals surface area contributed by atoms with Crippen LogP contribution in [0.1, 0.15) is 38.3 Å². The second-order valence-electron chi connectivity index (χ2n) is 6.73. The zero-order chi connectivity index (χ0) is 20.4. The van der Waals surface area contributed by atoms with E-state index < -0.39 is 6.10 Å². The number of hydrogen-bond donors (Lipinski definition) is 1. The number of nitrogens with one attached hydrogen (secondary N) is 1. The molecule has 2 rings (SSSR count). The van der Waals surface area contributed by atoms with Gasteiger partial charge in [0.1, 0.15) is 11.5 Å². The highest BCUT2D eigenvalue weighted by Gasteiger charge is 2.13. The Kier molecular flexibility index (Phi) is 8.04. The fraction of sp³-hybridized carbons (Fsp3) is 0.318. The van der Waals surface area contributed by atoms with Gasteiger partial charge in [-0.3, -0.25) is 4.79 Å². The second kappa shape index (κ2) is 10.7. The Bertz CT molecular complexity index is 822. The summed E-state index contributed by atoms with van der Waals surface area (Å²) < 4.78 is 11.2. The molecule has 28 heavy (non-hydrogen) atoms. The van der Waals surface area contributed by atoms with Crippen LogP contribution in [0.5, 0.6) is 11.5 Å². The van der Waals surface area contributed by atoms with Crippen molar-refractivity contribution < 1.29 is 14.3 Å². The first-order valence-electron chi connectivity index (χ1n) is 9.20. The molecule has 0 saturated heterocycles. The predicted octanol–water partition coefficient (Wildman–Crippen LogP) is 3.90. The third-order valence-electron chi connectivity index (χ3n) is 3.90.